The first-order chi connectivity index (χ1) is 12.5. The highest BCUT2D eigenvalue weighted by atomic mass is 127. The maximum Gasteiger partial charge on any atom is 0.193 e. The highest BCUT2D eigenvalue weighted by Gasteiger charge is 2.05. The van der Waals surface area contributed by atoms with E-state index < -0.39 is 0 Å². The van der Waals surface area contributed by atoms with Crippen LogP contribution < -0.4 is 20.5 Å². The summed E-state index contributed by atoms with van der Waals surface area (Å²) in [6.07, 6.45) is 0. The van der Waals surface area contributed by atoms with Gasteiger partial charge in [-0.1, -0.05) is 12.1 Å². The number of ether oxygens (including phenoxy) is 2. The van der Waals surface area contributed by atoms with Crippen LogP contribution in [0.4, 0.5) is 10.1 Å². The largest absolute Gasteiger partial charge is 0.493 e. The molecule has 6 nitrogen and oxygen atoms in total. The van der Waals surface area contributed by atoms with Crippen LogP contribution in [0.2, 0.25) is 0 Å². The second-order valence-corrected chi connectivity index (χ2v) is 5.83. The lowest BCUT2D eigenvalue weighted by atomic mass is 10.2. The minimum absolute atomic E-state index is 0. The molecule has 0 saturated heterocycles. The van der Waals surface area contributed by atoms with Crippen molar-refractivity contribution in [2.45, 2.75) is 6.54 Å². The standard InChI is InChI=1S/C19H25FN4O2.HI/c1-24(13-14-4-6-15(20)7-5-14)11-10-22-19(21)23-16-8-9-17(25-2)18(12-16)26-3;/h4-9,12H,10-11,13H2,1-3H3,(H3,21,22,23);1H. The number of nitrogens with one attached hydrogen (secondary N) is 1. The molecular formula is C19H26FIN4O2. The van der Waals surface area contributed by atoms with Crippen molar-refractivity contribution in [3.05, 3.63) is 53.8 Å². The van der Waals surface area contributed by atoms with Crippen molar-refractivity contribution in [2.24, 2.45) is 10.7 Å². The Hall–Kier alpha value is -2.07. The summed E-state index contributed by atoms with van der Waals surface area (Å²) in [7, 11) is 5.15. The lowest BCUT2D eigenvalue weighted by Crippen LogP contribution is -2.26. The smallest absolute Gasteiger partial charge is 0.193 e. The number of nitrogens with zero attached hydrogens (tertiary/aromatic N) is 2. The molecule has 0 aliphatic carbocycles. The molecule has 8 heteroatoms. The van der Waals surface area contributed by atoms with Crippen molar-refractivity contribution in [1.82, 2.24) is 4.90 Å². The third-order valence-corrected chi connectivity index (χ3v) is 3.79. The van der Waals surface area contributed by atoms with Gasteiger partial charge >= 0.3 is 0 Å². The summed E-state index contributed by atoms with van der Waals surface area (Å²) in [5.41, 5.74) is 7.75. The Morgan fingerprint density at radius 2 is 1.78 bits per heavy atom. The molecule has 148 valence electrons. The number of benzene rings is 2. The Bertz CT molecular complexity index is 741. The van der Waals surface area contributed by atoms with Gasteiger partial charge in [-0.3, -0.25) is 4.99 Å². The van der Waals surface area contributed by atoms with Gasteiger partial charge in [0, 0.05) is 24.8 Å². The molecule has 2 aromatic rings. The highest BCUT2D eigenvalue weighted by Crippen LogP contribution is 2.29. The zero-order chi connectivity index (χ0) is 18.9. The average molecular weight is 488 g/mol. The first-order valence-electron chi connectivity index (χ1n) is 8.23. The van der Waals surface area contributed by atoms with Gasteiger partial charge < -0.3 is 25.4 Å². The van der Waals surface area contributed by atoms with E-state index in [-0.39, 0.29) is 29.8 Å². The van der Waals surface area contributed by atoms with E-state index in [9.17, 15) is 4.39 Å². The second-order valence-electron chi connectivity index (χ2n) is 5.83. The molecular weight excluding hydrogens is 462 g/mol. The molecule has 0 heterocycles. The lowest BCUT2D eigenvalue weighted by Gasteiger charge is -2.15. The van der Waals surface area contributed by atoms with Crippen molar-refractivity contribution < 1.29 is 13.9 Å². The maximum absolute atomic E-state index is 12.9. The molecule has 0 unspecified atom stereocenters. The predicted octanol–water partition coefficient (Wildman–Crippen LogP) is 3.32. The van der Waals surface area contributed by atoms with Gasteiger partial charge in [0.25, 0.3) is 0 Å². The van der Waals surface area contributed by atoms with E-state index in [1.54, 1.807) is 38.5 Å². The molecule has 0 spiro atoms. The first kappa shape index (κ1) is 23.0. The fourth-order valence-corrected chi connectivity index (χ4v) is 2.42. The van der Waals surface area contributed by atoms with E-state index >= 15 is 0 Å². The van der Waals surface area contributed by atoms with Gasteiger partial charge in [0.2, 0.25) is 0 Å². The van der Waals surface area contributed by atoms with E-state index in [2.05, 4.69) is 15.2 Å². The fourth-order valence-electron chi connectivity index (χ4n) is 2.42. The van der Waals surface area contributed by atoms with E-state index in [1.165, 1.54) is 12.1 Å². The maximum atomic E-state index is 12.9. The number of rotatable bonds is 8. The minimum Gasteiger partial charge on any atom is -0.493 e. The van der Waals surface area contributed by atoms with Crippen LogP contribution in [0.3, 0.4) is 0 Å². The molecule has 2 rings (SSSR count). The summed E-state index contributed by atoms with van der Waals surface area (Å²) in [4.78, 5) is 6.42. The van der Waals surface area contributed by atoms with Crippen LogP contribution in [0.1, 0.15) is 5.56 Å². The number of hydrogen-bond acceptors (Lipinski definition) is 4. The summed E-state index contributed by atoms with van der Waals surface area (Å²) < 4.78 is 23.4. The normalized spacial score (nSPS) is 11.1. The molecule has 3 N–H and O–H groups in total. The molecule has 0 atom stereocenters. The number of methoxy groups -OCH3 is 2. The predicted molar refractivity (Wildman–Crippen MR) is 118 cm³/mol. The Balaban J connectivity index is 0.00000364. The van der Waals surface area contributed by atoms with Gasteiger partial charge in [-0.15, -0.1) is 24.0 Å². The number of aliphatic imine (C=N–C) groups is 1. The molecule has 0 amide bonds. The van der Waals surface area contributed by atoms with E-state index in [0.717, 1.165) is 24.3 Å². The van der Waals surface area contributed by atoms with Crippen LogP contribution in [-0.2, 0) is 6.54 Å². The van der Waals surface area contributed by atoms with Crippen molar-refractivity contribution in [2.75, 3.05) is 39.7 Å². The molecule has 0 fully saturated rings. The van der Waals surface area contributed by atoms with Gasteiger partial charge in [-0.05, 0) is 36.9 Å². The van der Waals surface area contributed by atoms with E-state index in [4.69, 9.17) is 15.2 Å². The Morgan fingerprint density at radius 3 is 2.41 bits per heavy atom. The summed E-state index contributed by atoms with van der Waals surface area (Å²) in [5.74, 6) is 1.36. The fraction of sp³-hybridized carbons (Fsp3) is 0.316. The molecule has 0 saturated carbocycles. The van der Waals surface area contributed by atoms with Crippen molar-refractivity contribution in [3.63, 3.8) is 0 Å². The molecule has 0 radical (unpaired) electrons. The van der Waals surface area contributed by atoms with Crippen LogP contribution in [0.5, 0.6) is 11.5 Å². The van der Waals surface area contributed by atoms with Crippen LogP contribution in [-0.4, -0.2) is 45.2 Å². The van der Waals surface area contributed by atoms with Gasteiger partial charge in [-0.2, -0.15) is 0 Å². The summed E-state index contributed by atoms with van der Waals surface area (Å²) in [6, 6.07) is 11.9. The topological polar surface area (TPSA) is 72.1 Å². The number of hydrogen-bond donors (Lipinski definition) is 2. The van der Waals surface area contributed by atoms with Gasteiger partial charge in [0.15, 0.2) is 17.5 Å². The third kappa shape index (κ3) is 7.59. The Labute approximate surface area is 176 Å². The highest BCUT2D eigenvalue weighted by molar-refractivity contribution is 14.0. The zero-order valence-corrected chi connectivity index (χ0v) is 18.1. The average Bonchev–Trinajstić information content (AvgIpc) is 2.63. The van der Waals surface area contributed by atoms with E-state index in [1.807, 2.05) is 13.1 Å². The molecule has 2 aromatic carbocycles. The van der Waals surface area contributed by atoms with Crippen molar-refractivity contribution >= 4 is 35.6 Å². The Kier molecular flexibility index (Phi) is 9.87. The van der Waals surface area contributed by atoms with Crippen LogP contribution in [0, 0.1) is 5.82 Å². The molecule has 0 aliphatic rings. The number of halogens is 2. The van der Waals surface area contributed by atoms with Gasteiger partial charge in [0.1, 0.15) is 5.82 Å². The number of anilines is 1. The van der Waals surface area contributed by atoms with Gasteiger partial charge in [-0.25, -0.2) is 4.39 Å². The van der Waals surface area contributed by atoms with Gasteiger partial charge in [0.05, 0.1) is 20.8 Å². The lowest BCUT2D eigenvalue weighted by molar-refractivity contribution is 0.336. The summed E-state index contributed by atoms with van der Waals surface area (Å²) in [6.45, 7) is 1.99. The first-order valence-corrected chi connectivity index (χ1v) is 8.23. The molecule has 0 aliphatic heterocycles. The zero-order valence-electron chi connectivity index (χ0n) is 15.7. The number of guanidine groups is 1. The quantitative estimate of drug-likeness (QED) is 0.339. The number of likely N-dealkylation sites (N-methyl/N-ethyl adjacent to an activating group) is 1. The van der Waals surface area contributed by atoms with Crippen LogP contribution in [0.25, 0.3) is 0 Å². The SMILES string of the molecule is COc1ccc(NC(N)=NCCN(C)Cc2ccc(F)cc2)cc1OC.I. The van der Waals surface area contributed by atoms with Crippen molar-refractivity contribution in [1.29, 1.82) is 0 Å². The molecule has 0 aromatic heterocycles. The van der Waals surface area contributed by atoms with Crippen molar-refractivity contribution in [3.8, 4) is 11.5 Å². The summed E-state index contributed by atoms with van der Waals surface area (Å²) in [5, 5.41) is 3.03. The van der Waals surface area contributed by atoms with Crippen LogP contribution >= 0.6 is 24.0 Å². The second kappa shape index (κ2) is 11.6. The molecule has 27 heavy (non-hydrogen) atoms. The minimum atomic E-state index is -0.227. The number of nitrogens with two attached hydrogens (primary N) is 1. The summed E-state index contributed by atoms with van der Waals surface area (Å²) >= 11 is 0. The third-order valence-electron chi connectivity index (χ3n) is 3.79. The molecule has 0 bridgehead atoms. The Morgan fingerprint density at radius 1 is 1.11 bits per heavy atom. The monoisotopic (exact) mass is 488 g/mol. The van der Waals surface area contributed by atoms with E-state index in [0.29, 0.717) is 24.0 Å². The van der Waals surface area contributed by atoms with Crippen LogP contribution in [0.15, 0.2) is 47.5 Å².